The van der Waals surface area contributed by atoms with Crippen LogP contribution >= 0.6 is 0 Å². The molecule has 0 saturated heterocycles. The number of nitrogen functional groups attached to an aromatic ring is 2. The van der Waals surface area contributed by atoms with Crippen molar-refractivity contribution < 1.29 is 4.42 Å². The Labute approximate surface area is 89.8 Å². The molecule has 0 spiro atoms. The molecule has 0 aliphatic carbocycles. The summed E-state index contributed by atoms with van der Waals surface area (Å²) in [6, 6.07) is 3.40. The first-order chi connectivity index (χ1) is 7.66. The second kappa shape index (κ2) is 3.89. The number of aromatic nitrogens is 2. The molecule has 7 nitrogen and oxygen atoms in total. The van der Waals surface area contributed by atoms with Crippen molar-refractivity contribution in [3.63, 3.8) is 0 Å². The van der Waals surface area contributed by atoms with Gasteiger partial charge in [-0.05, 0) is 12.1 Å². The van der Waals surface area contributed by atoms with Gasteiger partial charge < -0.3 is 15.9 Å². The van der Waals surface area contributed by atoms with Crippen LogP contribution in [0.15, 0.2) is 32.6 Å². The van der Waals surface area contributed by atoms with E-state index in [1.807, 2.05) is 0 Å². The summed E-state index contributed by atoms with van der Waals surface area (Å²) >= 11 is 0. The van der Waals surface area contributed by atoms with E-state index in [2.05, 4.69) is 15.0 Å². The normalized spacial score (nSPS) is 11.0. The van der Waals surface area contributed by atoms with E-state index in [4.69, 9.17) is 15.9 Å². The van der Waals surface area contributed by atoms with Crippen molar-refractivity contribution in [3.05, 3.63) is 34.5 Å². The molecule has 2 aromatic rings. The molecule has 0 fully saturated rings. The zero-order chi connectivity index (χ0) is 11.5. The summed E-state index contributed by atoms with van der Waals surface area (Å²) in [6.45, 7) is 0. The van der Waals surface area contributed by atoms with Crippen LogP contribution in [0.1, 0.15) is 5.76 Å². The van der Waals surface area contributed by atoms with Crippen LogP contribution in [-0.4, -0.2) is 16.2 Å². The largest absolute Gasteiger partial charge is 0.463 e. The molecule has 0 radical (unpaired) electrons. The van der Waals surface area contributed by atoms with Gasteiger partial charge in [-0.15, -0.1) is 0 Å². The van der Waals surface area contributed by atoms with Gasteiger partial charge in [0.1, 0.15) is 5.76 Å². The Morgan fingerprint density at radius 2 is 2.31 bits per heavy atom. The average Bonchev–Trinajstić information content (AvgIpc) is 2.68. The van der Waals surface area contributed by atoms with Crippen molar-refractivity contribution in [1.82, 2.24) is 9.97 Å². The summed E-state index contributed by atoms with van der Waals surface area (Å²) in [4.78, 5) is 21.3. The minimum atomic E-state index is -0.493. The zero-order valence-electron chi connectivity index (χ0n) is 8.18. The summed E-state index contributed by atoms with van der Waals surface area (Å²) in [5, 5.41) is 0. The maximum atomic E-state index is 11.4. The number of hydrogen-bond donors (Lipinski definition) is 3. The first kappa shape index (κ1) is 9.97. The van der Waals surface area contributed by atoms with E-state index in [1.165, 1.54) is 12.5 Å². The van der Waals surface area contributed by atoms with Crippen molar-refractivity contribution in [2.75, 3.05) is 11.5 Å². The number of aliphatic imine (C=N–C) groups is 1. The molecule has 0 atom stereocenters. The molecule has 5 N–H and O–H groups in total. The van der Waals surface area contributed by atoms with Crippen LogP contribution in [0.3, 0.4) is 0 Å². The van der Waals surface area contributed by atoms with Gasteiger partial charge >= 0.3 is 0 Å². The molecule has 0 amide bonds. The Balaban J connectivity index is 2.39. The van der Waals surface area contributed by atoms with Gasteiger partial charge in [0.2, 0.25) is 5.95 Å². The second-order valence-corrected chi connectivity index (χ2v) is 2.96. The Morgan fingerprint density at radius 3 is 2.94 bits per heavy atom. The Morgan fingerprint density at radius 1 is 1.50 bits per heavy atom. The maximum absolute atomic E-state index is 11.4. The first-order valence-corrected chi connectivity index (χ1v) is 4.39. The fraction of sp³-hybridized carbons (Fsp3) is 0. The number of furan rings is 1. The highest BCUT2D eigenvalue weighted by atomic mass is 16.3. The highest BCUT2D eigenvalue weighted by Crippen LogP contribution is 2.13. The molecule has 0 aliphatic heterocycles. The van der Waals surface area contributed by atoms with Crippen LogP contribution in [0, 0.1) is 0 Å². The number of rotatable bonds is 2. The van der Waals surface area contributed by atoms with Crippen LogP contribution in [-0.2, 0) is 0 Å². The number of nitrogens with zero attached hydrogens (tertiary/aromatic N) is 2. The van der Waals surface area contributed by atoms with Gasteiger partial charge in [0.25, 0.3) is 5.56 Å². The zero-order valence-corrected chi connectivity index (χ0v) is 8.18. The maximum Gasteiger partial charge on any atom is 0.280 e. The lowest BCUT2D eigenvalue weighted by molar-refractivity contribution is 0.560. The van der Waals surface area contributed by atoms with Gasteiger partial charge in [-0.25, -0.2) is 4.99 Å². The van der Waals surface area contributed by atoms with Crippen molar-refractivity contribution in [2.24, 2.45) is 4.99 Å². The third-order valence-corrected chi connectivity index (χ3v) is 1.80. The predicted molar refractivity (Wildman–Crippen MR) is 59.6 cm³/mol. The molecule has 0 aromatic carbocycles. The van der Waals surface area contributed by atoms with Crippen LogP contribution in [0.2, 0.25) is 0 Å². The van der Waals surface area contributed by atoms with Crippen LogP contribution in [0.4, 0.5) is 17.5 Å². The average molecular weight is 219 g/mol. The molecule has 0 bridgehead atoms. The second-order valence-electron chi connectivity index (χ2n) is 2.96. The lowest BCUT2D eigenvalue weighted by Gasteiger charge is -1.98. The quantitative estimate of drug-likeness (QED) is 0.626. The van der Waals surface area contributed by atoms with Crippen molar-refractivity contribution in [1.29, 1.82) is 0 Å². The van der Waals surface area contributed by atoms with Crippen LogP contribution < -0.4 is 17.0 Å². The summed E-state index contributed by atoms with van der Waals surface area (Å²) in [7, 11) is 0. The monoisotopic (exact) mass is 219 g/mol. The van der Waals surface area contributed by atoms with E-state index in [9.17, 15) is 4.79 Å². The Hall–Kier alpha value is -2.57. The number of aromatic amines is 1. The molecule has 0 aliphatic rings. The van der Waals surface area contributed by atoms with Gasteiger partial charge in [0.15, 0.2) is 11.5 Å². The minimum Gasteiger partial charge on any atom is -0.463 e. The smallest absolute Gasteiger partial charge is 0.280 e. The molecule has 2 heterocycles. The highest BCUT2D eigenvalue weighted by Gasteiger charge is 2.05. The van der Waals surface area contributed by atoms with Crippen molar-refractivity contribution in [2.45, 2.75) is 0 Å². The van der Waals surface area contributed by atoms with Crippen molar-refractivity contribution in [3.8, 4) is 0 Å². The van der Waals surface area contributed by atoms with E-state index in [0.717, 1.165) is 0 Å². The van der Waals surface area contributed by atoms with Gasteiger partial charge in [-0.1, -0.05) is 0 Å². The van der Waals surface area contributed by atoms with Crippen molar-refractivity contribution >= 4 is 23.7 Å². The summed E-state index contributed by atoms with van der Waals surface area (Å²) in [6.07, 6.45) is 2.87. The number of anilines is 2. The Bertz CT molecular complexity index is 570. The molecule has 7 heteroatoms. The standard InChI is InChI=1S/C9H9N5O2/c10-7-6(8(15)14-9(11)13-7)12-4-5-2-1-3-16-5/h1-4H,(H5,10,11,13,14,15). The van der Waals surface area contributed by atoms with Gasteiger partial charge in [0.05, 0.1) is 12.5 Å². The predicted octanol–water partition coefficient (Wildman–Crippen LogP) is 0.278. The van der Waals surface area contributed by atoms with E-state index in [0.29, 0.717) is 5.76 Å². The third kappa shape index (κ3) is 1.92. The lowest BCUT2D eigenvalue weighted by Crippen LogP contribution is -2.13. The Kier molecular flexibility index (Phi) is 2.42. The van der Waals surface area contributed by atoms with E-state index >= 15 is 0 Å². The minimum absolute atomic E-state index is 0.00519. The highest BCUT2D eigenvalue weighted by molar-refractivity contribution is 5.80. The van der Waals surface area contributed by atoms with Gasteiger partial charge in [-0.2, -0.15) is 4.98 Å². The number of hydrogen-bond acceptors (Lipinski definition) is 6. The topological polar surface area (TPSA) is 123 Å². The van der Waals surface area contributed by atoms with Crippen LogP contribution in [0.5, 0.6) is 0 Å². The van der Waals surface area contributed by atoms with Crippen LogP contribution in [0.25, 0.3) is 0 Å². The lowest BCUT2D eigenvalue weighted by atomic mass is 10.4. The molecule has 0 unspecified atom stereocenters. The number of nitrogens with two attached hydrogens (primary N) is 2. The third-order valence-electron chi connectivity index (χ3n) is 1.80. The molecule has 0 saturated carbocycles. The van der Waals surface area contributed by atoms with E-state index in [1.54, 1.807) is 12.1 Å². The van der Waals surface area contributed by atoms with Gasteiger partial charge in [0, 0.05) is 0 Å². The molecule has 82 valence electrons. The molecular formula is C9H9N5O2. The van der Waals surface area contributed by atoms with E-state index in [-0.39, 0.29) is 17.5 Å². The molecule has 2 aromatic heterocycles. The summed E-state index contributed by atoms with van der Waals surface area (Å²) in [5.74, 6) is 0.444. The van der Waals surface area contributed by atoms with Gasteiger partial charge in [-0.3, -0.25) is 9.78 Å². The van der Waals surface area contributed by atoms with E-state index < -0.39 is 5.56 Å². The number of nitrogens with one attached hydrogen (secondary N) is 1. The SMILES string of the molecule is Nc1nc(N)c(N=Cc2ccco2)c(=O)[nH]1. The summed E-state index contributed by atoms with van der Waals surface area (Å²) < 4.78 is 5.01. The molecular weight excluding hydrogens is 210 g/mol. The fourth-order valence-corrected chi connectivity index (χ4v) is 1.12. The first-order valence-electron chi connectivity index (χ1n) is 4.39. The molecule has 2 rings (SSSR count). The summed E-state index contributed by atoms with van der Waals surface area (Å²) in [5.41, 5.74) is 10.3. The number of H-pyrrole nitrogens is 1. The fourth-order valence-electron chi connectivity index (χ4n) is 1.12. The molecule has 16 heavy (non-hydrogen) atoms.